The zero-order valence-electron chi connectivity index (χ0n) is 11.3. The van der Waals surface area contributed by atoms with Crippen LogP contribution in [-0.4, -0.2) is 11.3 Å². The van der Waals surface area contributed by atoms with Gasteiger partial charge in [0.1, 0.15) is 0 Å². The number of hydrogen-bond acceptors (Lipinski definition) is 1. The molecule has 1 aromatic heterocycles. The summed E-state index contributed by atoms with van der Waals surface area (Å²) in [4.78, 5) is 13.8. The van der Waals surface area contributed by atoms with Gasteiger partial charge in [0, 0.05) is 16.5 Å². The van der Waals surface area contributed by atoms with Crippen LogP contribution in [0, 0.1) is 11.6 Å². The molecule has 0 saturated heterocycles. The number of halogens is 5. The molecular weight excluding hydrogens is 317 g/mol. The van der Waals surface area contributed by atoms with Gasteiger partial charge in [-0.15, -0.1) is 0 Å². The van der Waals surface area contributed by atoms with Crippen molar-refractivity contribution >= 4 is 17.2 Å². The molecule has 7 heteroatoms. The lowest BCUT2D eigenvalue weighted by Gasteiger charge is -2.07. The lowest BCUT2D eigenvalue weighted by Crippen LogP contribution is -2.05. The molecule has 3 aromatic rings. The van der Waals surface area contributed by atoms with Crippen LogP contribution in [-0.2, 0) is 6.18 Å². The van der Waals surface area contributed by atoms with Gasteiger partial charge in [-0.25, -0.2) is 8.78 Å². The number of alkyl halides is 3. The summed E-state index contributed by atoms with van der Waals surface area (Å²) in [5.41, 5.74) is -1.17. The van der Waals surface area contributed by atoms with Gasteiger partial charge in [-0.3, -0.25) is 4.79 Å². The van der Waals surface area contributed by atoms with Gasteiger partial charge >= 0.3 is 6.18 Å². The molecule has 0 fully saturated rings. The maximum Gasteiger partial charge on any atom is 0.418 e. The van der Waals surface area contributed by atoms with Gasteiger partial charge in [-0.2, -0.15) is 13.2 Å². The molecule has 0 bridgehead atoms. The quantitative estimate of drug-likeness (QED) is 0.525. The third-order valence-electron chi connectivity index (χ3n) is 3.51. The first-order chi connectivity index (χ1) is 10.8. The summed E-state index contributed by atoms with van der Waals surface area (Å²) in [6.07, 6.45) is -4.23. The van der Waals surface area contributed by atoms with Crippen molar-refractivity contribution in [3.63, 3.8) is 0 Å². The summed E-state index contributed by atoms with van der Waals surface area (Å²) in [6.45, 7) is 0. The second-order valence-electron chi connectivity index (χ2n) is 4.89. The molecule has 0 aliphatic carbocycles. The van der Waals surface area contributed by atoms with Gasteiger partial charge < -0.3 is 4.98 Å². The van der Waals surface area contributed by atoms with Crippen molar-refractivity contribution < 1.29 is 26.7 Å². The van der Waals surface area contributed by atoms with E-state index in [2.05, 4.69) is 4.98 Å². The van der Waals surface area contributed by atoms with Crippen molar-refractivity contribution in [2.75, 3.05) is 0 Å². The Morgan fingerprint density at radius 1 is 1.00 bits per heavy atom. The van der Waals surface area contributed by atoms with Crippen LogP contribution in [0.15, 0.2) is 36.4 Å². The van der Waals surface area contributed by atoms with E-state index in [1.54, 1.807) is 0 Å². The molecule has 0 atom stereocenters. The maximum absolute atomic E-state index is 13.4. The highest BCUT2D eigenvalue weighted by atomic mass is 19.4. The third kappa shape index (κ3) is 2.48. The minimum absolute atomic E-state index is 0.00519. The number of hydrogen-bond donors (Lipinski definition) is 1. The number of aromatic nitrogens is 1. The Kier molecular flexibility index (Phi) is 3.43. The Balaban J connectivity index is 2.33. The molecular formula is C16H8F5NO. The number of rotatable bonds is 2. The van der Waals surface area contributed by atoms with Crippen molar-refractivity contribution in [3.05, 3.63) is 59.2 Å². The molecule has 1 heterocycles. The summed E-state index contributed by atoms with van der Waals surface area (Å²) < 4.78 is 65.6. The molecule has 118 valence electrons. The number of H-pyrrole nitrogens is 1. The molecule has 0 saturated carbocycles. The van der Waals surface area contributed by atoms with Gasteiger partial charge in [0.05, 0.1) is 16.8 Å². The topological polar surface area (TPSA) is 32.9 Å². The normalized spacial score (nSPS) is 11.9. The number of carbonyl (C=O) groups excluding carboxylic acids is 1. The number of fused-ring (bicyclic) bond motifs is 1. The van der Waals surface area contributed by atoms with Crippen LogP contribution >= 0.6 is 0 Å². The van der Waals surface area contributed by atoms with Crippen LogP contribution < -0.4 is 0 Å². The number of para-hydroxylation sites is 1. The van der Waals surface area contributed by atoms with Gasteiger partial charge in [-0.1, -0.05) is 12.1 Å². The standard InChI is InChI=1S/C16H8F5NO/c17-12-5-4-8(6-13(12)18)14-10(7-23)9-2-1-3-11(15(9)22-14)16(19,20)21/h1-7,22H. The fourth-order valence-corrected chi connectivity index (χ4v) is 2.48. The largest absolute Gasteiger partial charge is 0.418 e. The summed E-state index contributed by atoms with van der Waals surface area (Å²) in [6, 6.07) is 6.26. The Labute approximate surface area is 126 Å². The first-order valence-electron chi connectivity index (χ1n) is 6.45. The first-order valence-corrected chi connectivity index (χ1v) is 6.45. The SMILES string of the molecule is O=Cc1c(-c2ccc(F)c(F)c2)[nH]c2c(C(F)(F)F)cccc12. The average molecular weight is 325 g/mol. The van der Waals surface area contributed by atoms with E-state index in [1.165, 1.54) is 18.2 Å². The fraction of sp³-hybridized carbons (Fsp3) is 0.0625. The molecule has 1 N–H and O–H groups in total. The highest BCUT2D eigenvalue weighted by Crippen LogP contribution is 2.38. The monoisotopic (exact) mass is 325 g/mol. The second-order valence-corrected chi connectivity index (χ2v) is 4.89. The van der Waals surface area contributed by atoms with E-state index in [1.807, 2.05) is 0 Å². The van der Waals surface area contributed by atoms with E-state index < -0.39 is 23.4 Å². The summed E-state index contributed by atoms with van der Waals surface area (Å²) in [5.74, 6) is -2.25. The van der Waals surface area contributed by atoms with E-state index in [9.17, 15) is 26.7 Å². The van der Waals surface area contributed by atoms with Gasteiger partial charge in [0.15, 0.2) is 17.9 Å². The lowest BCUT2D eigenvalue weighted by atomic mass is 10.0. The van der Waals surface area contributed by atoms with E-state index >= 15 is 0 Å². The number of aldehydes is 1. The average Bonchev–Trinajstić information content (AvgIpc) is 2.87. The van der Waals surface area contributed by atoms with Crippen LogP contribution in [0.2, 0.25) is 0 Å². The molecule has 0 aliphatic rings. The van der Waals surface area contributed by atoms with Crippen molar-refractivity contribution in [1.29, 1.82) is 0 Å². The smallest absolute Gasteiger partial charge is 0.353 e. The Morgan fingerprint density at radius 2 is 1.74 bits per heavy atom. The number of carbonyl (C=O) groups is 1. The Morgan fingerprint density at radius 3 is 2.35 bits per heavy atom. The highest BCUT2D eigenvalue weighted by Gasteiger charge is 2.34. The molecule has 0 radical (unpaired) electrons. The number of aromatic amines is 1. The zero-order valence-corrected chi connectivity index (χ0v) is 11.3. The minimum atomic E-state index is -4.62. The van der Waals surface area contributed by atoms with Crippen molar-refractivity contribution in [3.8, 4) is 11.3 Å². The van der Waals surface area contributed by atoms with Gasteiger partial charge in [0.2, 0.25) is 0 Å². The van der Waals surface area contributed by atoms with Crippen LogP contribution in [0.3, 0.4) is 0 Å². The lowest BCUT2D eigenvalue weighted by molar-refractivity contribution is -0.136. The van der Waals surface area contributed by atoms with E-state index in [0.717, 1.165) is 18.2 Å². The number of benzene rings is 2. The third-order valence-corrected chi connectivity index (χ3v) is 3.51. The van der Waals surface area contributed by atoms with Gasteiger partial charge in [0.25, 0.3) is 0 Å². The molecule has 0 aliphatic heterocycles. The molecule has 3 rings (SSSR count). The molecule has 0 amide bonds. The summed E-state index contributed by atoms with van der Waals surface area (Å²) in [5, 5.41) is 0.0644. The van der Waals surface area contributed by atoms with Crippen LogP contribution in [0.5, 0.6) is 0 Å². The van der Waals surface area contributed by atoms with Gasteiger partial charge in [-0.05, 0) is 24.3 Å². The minimum Gasteiger partial charge on any atom is -0.353 e. The van der Waals surface area contributed by atoms with E-state index in [4.69, 9.17) is 0 Å². The number of nitrogens with one attached hydrogen (secondary N) is 1. The van der Waals surface area contributed by atoms with E-state index in [0.29, 0.717) is 6.29 Å². The van der Waals surface area contributed by atoms with Crippen LogP contribution in [0.25, 0.3) is 22.2 Å². The molecule has 0 unspecified atom stereocenters. The predicted molar refractivity (Wildman–Crippen MR) is 74.0 cm³/mol. The maximum atomic E-state index is 13.4. The summed E-state index contributed by atoms with van der Waals surface area (Å²) >= 11 is 0. The molecule has 0 spiro atoms. The highest BCUT2D eigenvalue weighted by molar-refractivity contribution is 6.05. The molecule has 23 heavy (non-hydrogen) atoms. The fourth-order valence-electron chi connectivity index (χ4n) is 2.48. The zero-order chi connectivity index (χ0) is 16.8. The van der Waals surface area contributed by atoms with E-state index in [-0.39, 0.29) is 27.7 Å². The predicted octanol–water partition coefficient (Wildman–Crippen LogP) is 4.94. The van der Waals surface area contributed by atoms with Crippen molar-refractivity contribution in [2.45, 2.75) is 6.18 Å². The van der Waals surface area contributed by atoms with Crippen LogP contribution in [0.4, 0.5) is 22.0 Å². The molecule has 2 aromatic carbocycles. The second kappa shape index (κ2) is 5.19. The molecule has 2 nitrogen and oxygen atoms in total. The van der Waals surface area contributed by atoms with Crippen molar-refractivity contribution in [1.82, 2.24) is 4.98 Å². The first kappa shape index (κ1) is 15.2. The Bertz CT molecular complexity index is 911. The Hall–Kier alpha value is -2.70. The van der Waals surface area contributed by atoms with Crippen LogP contribution in [0.1, 0.15) is 15.9 Å². The van der Waals surface area contributed by atoms with Crippen molar-refractivity contribution in [2.24, 2.45) is 0 Å². The summed E-state index contributed by atoms with van der Waals surface area (Å²) in [7, 11) is 0.